The van der Waals surface area contributed by atoms with Crippen molar-refractivity contribution in [3.8, 4) is 0 Å². The summed E-state index contributed by atoms with van der Waals surface area (Å²) in [6.07, 6.45) is 0.0466. The fourth-order valence-corrected chi connectivity index (χ4v) is 1.97. The first-order valence-electron chi connectivity index (χ1n) is 6.20. The van der Waals surface area contributed by atoms with Crippen molar-refractivity contribution < 1.29 is 28.8 Å². The molecule has 0 saturated carbocycles. The predicted octanol–water partition coefficient (Wildman–Crippen LogP) is -0.238. The van der Waals surface area contributed by atoms with Crippen LogP contribution >= 0.6 is 0 Å². The number of amides is 2. The van der Waals surface area contributed by atoms with Crippen molar-refractivity contribution in [3.63, 3.8) is 0 Å². The normalized spacial score (nSPS) is 13.2. The Labute approximate surface area is 119 Å². The van der Waals surface area contributed by atoms with E-state index < -0.39 is 34.8 Å². The standard InChI is InChI=1S/C11H20N2O6S/c1-2-20(19)7-6-12-11(18)13-8(10(16)17)4-3-5-9(14)15/h8H,2-7H2,1H3,(H,14,15)(H,16,17)(H2,12,13,18)/t8-,20?/m1/s1. The van der Waals surface area contributed by atoms with Gasteiger partial charge in [0.2, 0.25) is 0 Å². The lowest BCUT2D eigenvalue weighted by molar-refractivity contribution is -0.140. The number of carbonyl (C=O) groups excluding carboxylic acids is 1. The molecule has 9 heteroatoms. The average molecular weight is 308 g/mol. The number of carboxylic acid groups (broad SMARTS) is 2. The van der Waals surface area contributed by atoms with Crippen molar-refractivity contribution in [2.24, 2.45) is 0 Å². The number of urea groups is 1. The molecule has 4 N–H and O–H groups in total. The van der Waals surface area contributed by atoms with E-state index in [2.05, 4.69) is 10.6 Å². The molecule has 0 radical (unpaired) electrons. The maximum atomic E-state index is 11.4. The first-order valence-corrected chi connectivity index (χ1v) is 7.69. The summed E-state index contributed by atoms with van der Waals surface area (Å²) in [5, 5.41) is 22.0. The lowest BCUT2D eigenvalue weighted by Crippen LogP contribution is -2.46. The summed E-state index contributed by atoms with van der Waals surface area (Å²) < 4.78 is 11.1. The van der Waals surface area contributed by atoms with E-state index >= 15 is 0 Å². The van der Waals surface area contributed by atoms with Crippen LogP contribution in [0.2, 0.25) is 0 Å². The molecule has 20 heavy (non-hydrogen) atoms. The lowest BCUT2D eigenvalue weighted by Gasteiger charge is -2.14. The summed E-state index contributed by atoms with van der Waals surface area (Å²) in [4.78, 5) is 32.7. The monoisotopic (exact) mass is 308 g/mol. The largest absolute Gasteiger partial charge is 0.481 e. The topological polar surface area (TPSA) is 133 Å². The first kappa shape index (κ1) is 18.4. The number of hydrogen-bond acceptors (Lipinski definition) is 4. The average Bonchev–Trinajstić information content (AvgIpc) is 2.36. The summed E-state index contributed by atoms with van der Waals surface area (Å²) in [5.74, 6) is -1.43. The van der Waals surface area contributed by atoms with Gasteiger partial charge in [-0.15, -0.1) is 0 Å². The first-order chi connectivity index (χ1) is 9.36. The number of nitrogens with one attached hydrogen (secondary N) is 2. The minimum Gasteiger partial charge on any atom is -0.481 e. The third-order valence-electron chi connectivity index (χ3n) is 2.42. The van der Waals surface area contributed by atoms with Crippen LogP contribution in [0.5, 0.6) is 0 Å². The maximum Gasteiger partial charge on any atom is 0.326 e. The van der Waals surface area contributed by atoms with Crippen molar-refractivity contribution in [2.45, 2.75) is 32.2 Å². The van der Waals surface area contributed by atoms with E-state index in [1.54, 1.807) is 6.92 Å². The van der Waals surface area contributed by atoms with E-state index in [-0.39, 0.29) is 25.8 Å². The highest BCUT2D eigenvalue weighted by atomic mass is 32.2. The molecule has 0 heterocycles. The maximum absolute atomic E-state index is 11.4. The molecule has 0 aromatic heterocycles. The summed E-state index contributed by atoms with van der Waals surface area (Å²) in [5.41, 5.74) is 0. The number of rotatable bonds is 10. The minimum atomic E-state index is -1.22. The highest BCUT2D eigenvalue weighted by molar-refractivity contribution is 7.84. The molecule has 0 aliphatic heterocycles. The summed E-state index contributed by atoms with van der Waals surface area (Å²) in [7, 11) is -0.999. The van der Waals surface area contributed by atoms with E-state index in [0.29, 0.717) is 11.5 Å². The second-order valence-corrected chi connectivity index (χ2v) is 5.87. The van der Waals surface area contributed by atoms with Crippen molar-refractivity contribution in [2.75, 3.05) is 18.1 Å². The van der Waals surface area contributed by atoms with Gasteiger partial charge in [-0.1, -0.05) is 6.92 Å². The van der Waals surface area contributed by atoms with Gasteiger partial charge in [-0.05, 0) is 12.8 Å². The molecule has 1 unspecified atom stereocenters. The van der Waals surface area contributed by atoms with Crippen LogP contribution in [0.4, 0.5) is 4.79 Å². The van der Waals surface area contributed by atoms with Crippen molar-refractivity contribution in [1.29, 1.82) is 0 Å². The van der Waals surface area contributed by atoms with Gasteiger partial charge in [0, 0.05) is 35.3 Å². The molecule has 2 atom stereocenters. The number of hydrogen-bond donors (Lipinski definition) is 4. The van der Waals surface area contributed by atoms with Crippen LogP contribution < -0.4 is 10.6 Å². The van der Waals surface area contributed by atoms with E-state index in [1.165, 1.54) is 0 Å². The van der Waals surface area contributed by atoms with Crippen molar-refractivity contribution in [3.05, 3.63) is 0 Å². The summed E-state index contributed by atoms with van der Waals surface area (Å²) in [6, 6.07) is -1.80. The molecule has 0 aliphatic rings. The van der Waals surface area contributed by atoms with E-state index in [9.17, 15) is 18.6 Å². The molecule has 0 saturated heterocycles. The highest BCUT2D eigenvalue weighted by Gasteiger charge is 2.19. The summed E-state index contributed by atoms with van der Waals surface area (Å²) in [6.45, 7) is 1.95. The van der Waals surface area contributed by atoms with E-state index in [0.717, 1.165) is 0 Å². The Kier molecular flexibility index (Phi) is 9.35. The zero-order chi connectivity index (χ0) is 15.5. The SMILES string of the molecule is CCS(=O)CCNC(=O)N[C@H](CCCC(=O)O)C(=O)O. The van der Waals surface area contributed by atoms with Gasteiger partial charge >= 0.3 is 18.0 Å². The van der Waals surface area contributed by atoms with Gasteiger partial charge in [-0.2, -0.15) is 0 Å². The molecule has 8 nitrogen and oxygen atoms in total. The number of carbonyl (C=O) groups is 3. The van der Waals surface area contributed by atoms with Crippen LogP contribution in [-0.2, 0) is 20.4 Å². The van der Waals surface area contributed by atoms with Crippen LogP contribution in [0.15, 0.2) is 0 Å². The van der Waals surface area contributed by atoms with Crippen molar-refractivity contribution >= 4 is 28.8 Å². The highest BCUT2D eigenvalue weighted by Crippen LogP contribution is 2.01. The van der Waals surface area contributed by atoms with Crippen LogP contribution in [0.1, 0.15) is 26.2 Å². The summed E-state index contributed by atoms with van der Waals surface area (Å²) >= 11 is 0. The Hall–Kier alpha value is -1.64. The molecule has 0 aliphatic carbocycles. The Balaban J connectivity index is 4.04. The molecule has 0 fully saturated rings. The Bertz CT molecular complexity index is 374. The Morgan fingerprint density at radius 1 is 1.25 bits per heavy atom. The van der Waals surface area contributed by atoms with Crippen LogP contribution in [0, 0.1) is 0 Å². The molecule has 0 bridgehead atoms. The molecule has 116 valence electrons. The van der Waals surface area contributed by atoms with Gasteiger partial charge in [0.25, 0.3) is 0 Å². The number of carboxylic acids is 2. The zero-order valence-electron chi connectivity index (χ0n) is 11.3. The number of aliphatic carboxylic acids is 2. The quantitative estimate of drug-likeness (QED) is 0.440. The second-order valence-electron chi connectivity index (χ2n) is 4.01. The molecular weight excluding hydrogens is 288 g/mol. The van der Waals surface area contributed by atoms with E-state index in [1.807, 2.05) is 0 Å². The Morgan fingerprint density at radius 2 is 1.90 bits per heavy atom. The molecule has 0 spiro atoms. The molecule has 2 amide bonds. The van der Waals surface area contributed by atoms with Gasteiger partial charge in [-0.3, -0.25) is 9.00 Å². The van der Waals surface area contributed by atoms with Crippen molar-refractivity contribution in [1.82, 2.24) is 10.6 Å². The van der Waals surface area contributed by atoms with Crippen LogP contribution in [0.3, 0.4) is 0 Å². The third-order valence-corrected chi connectivity index (χ3v) is 3.73. The fraction of sp³-hybridized carbons (Fsp3) is 0.727. The molecule has 0 rings (SSSR count). The van der Waals surface area contributed by atoms with Crippen LogP contribution in [-0.4, -0.2) is 56.5 Å². The second kappa shape index (κ2) is 10.2. The molecular formula is C11H20N2O6S. The van der Waals surface area contributed by atoms with Gasteiger partial charge in [0.1, 0.15) is 6.04 Å². The van der Waals surface area contributed by atoms with Gasteiger partial charge in [0.05, 0.1) is 0 Å². The predicted molar refractivity (Wildman–Crippen MR) is 73.0 cm³/mol. The van der Waals surface area contributed by atoms with Crippen LogP contribution in [0.25, 0.3) is 0 Å². The lowest BCUT2D eigenvalue weighted by atomic mass is 10.1. The van der Waals surface area contributed by atoms with Gasteiger partial charge < -0.3 is 20.8 Å². The Morgan fingerprint density at radius 3 is 2.40 bits per heavy atom. The van der Waals surface area contributed by atoms with Gasteiger partial charge in [-0.25, -0.2) is 9.59 Å². The minimum absolute atomic E-state index is 0.0376. The van der Waals surface area contributed by atoms with E-state index in [4.69, 9.17) is 10.2 Å². The zero-order valence-corrected chi connectivity index (χ0v) is 12.1. The smallest absolute Gasteiger partial charge is 0.326 e. The molecule has 0 aromatic rings. The fourth-order valence-electron chi connectivity index (χ4n) is 1.35. The van der Waals surface area contributed by atoms with Gasteiger partial charge in [0.15, 0.2) is 0 Å². The third kappa shape index (κ3) is 9.31. The molecule has 0 aromatic carbocycles.